The van der Waals surface area contributed by atoms with E-state index in [1.807, 2.05) is 6.92 Å². The molecule has 1 aromatic carbocycles. The van der Waals surface area contributed by atoms with Crippen molar-refractivity contribution in [3.63, 3.8) is 0 Å². The van der Waals surface area contributed by atoms with Crippen molar-refractivity contribution in [3.05, 3.63) is 39.6 Å². The molecule has 4 nitrogen and oxygen atoms in total. The second-order valence-electron chi connectivity index (χ2n) is 4.60. The van der Waals surface area contributed by atoms with Crippen LogP contribution >= 0.6 is 11.8 Å². The maximum absolute atomic E-state index is 13.4. The molecule has 0 saturated heterocycles. The van der Waals surface area contributed by atoms with Crippen molar-refractivity contribution in [1.29, 1.82) is 0 Å². The molecule has 0 radical (unpaired) electrons. The van der Waals surface area contributed by atoms with E-state index in [0.29, 0.717) is 5.03 Å². The van der Waals surface area contributed by atoms with Crippen LogP contribution in [0.5, 0.6) is 0 Å². The molecule has 0 fully saturated rings. The maximum Gasteiger partial charge on any atom is 0.344 e. The predicted molar refractivity (Wildman–Crippen MR) is 74.6 cm³/mol. The molecule has 0 N–H and O–H groups in total. The maximum atomic E-state index is 13.4. The van der Waals surface area contributed by atoms with Crippen LogP contribution in [0.15, 0.2) is 22.0 Å². The zero-order valence-corrected chi connectivity index (χ0v) is 12.1. The lowest BCUT2D eigenvalue weighted by Crippen LogP contribution is -2.29. The molecule has 110 valence electrons. The van der Waals surface area contributed by atoms with Crippen molar-refractivity contribution in [1.82, 2.24) is 4.57 Å². The van der Waals surface area contributed by atoms with E-state index in [2.05, 4.69) is 0 Å². The van der Waals surface area contributed by atoms with E-state index in [1.54, 1.807) is 11.5 Å². The molecule has 0 bridgehead atoms. The smallest absolute Gasteiger partial charge is 0.344 e. The molecule has 0 unspecified atom stereocenters. The fourth-order valence-corrected chi connectivity index (χ4v) is 3.55. The zero-order chi connectivity index (χ0) is 15.3. The summed E-state index contributed by atoms with van der Waals surface area (Å²) in [7, 11) is 0. The highest BCUT2D eigenvalue weighted by Gasteiger charge is 2.33. The minimum absolute atomic E-state index is 0.0205. The number of hydrogen-bond donors (Lipinski definition) is 0. The Bertz CT molecular complexity index is 831. The lowest BCUT2D eigenvalue weighted by molar-refractivity contribution is 0.0518. The Morgan fingerprint density at radius 2 is 2.05 bits per heavy atom. The lowest BCUT2D eigenvalue weighted by atomic mass is 10.1. The van der Waals surface area contributed by atoms with E-state index in [4.69, 9.17) is 4.74 Å². The summed E-state index contributed by atoms with van der Waals surface area (Å²) in [4.78, 5) is 24.4. The minimum atomic E-state index is -1.12. The van der Waals surface area contributed by atoms with E-state index in [1.165, 1.54) is 11.8 Å². The third-order valence-electron chi connectivity index (χ3n) is 3.33. The van der Waals surface area contributed by atoms with Gasteiger partial charge in [-0.2, -0.15) is 0 Å². The van der Waals surface area contributed by atoms with Crippen molar-refractivity contribution >= 4 is 28.6 Å². The molecule has 0 spiro atoms. The molecule has 7 heteroatoms. The van der Waals surface area contributed by atoms with Crippen LogP contribution in [0, 0.1) is 11.6 Å². The molecular weight excluding hydrogens is 300 g/mol. The lowest BCUT2D eigenvalue weighted by Gasteiger charge is -2.32. The van der Waals surface area contributed by atoms with E-state index in [0.717, 1.165) is 12.1 Å². The van der Waals surface area contributed by atoms with Gasteiger partial charge in [-0.25, -0.2) is 13.6 Å². The van der Waals surface area contributed by atoms with E-state index >= 15 is 0 Å². The molecule has 0 aliphatic carbocycles. The van der Waals surface area contributed by atoms with Gasteiger partial charge < -0.3 is 9.30 Å². The Hall–Kier alpha value is -1.89. The summed E-state index contributed by atoms with van der Waals surface area (Å²) in [5.74, 6) is -2.88. The first kappa shape index (κ1) is 14.1. The monoisotopic (exact) mass is 311 g/mol. The molecule has 1 aliphatic rings. The van der Waals surface area contributed by atoms with Gasteiger partial charge >= 0.3 is 5.97 Å². The van der Waals surface area contributed by atoms with Crippen molar-refractivity contribution < 1.29 is 18.3 Å². The van der Waals surface area contributed by atoms with Gasteiger partial charge in [0.05, 0.1) is 22.5 Å². The summed E-state index contributed by atoms with van der Waals surface area (Å²) in [5.41, 5.74) is -0.459. The van der Waals surface area contributed by atoms with E-state index in [9.17, 15) is 18.4 Å². The van der Waals surface area contributed by atoms with Crippen molar-refractivity contribution in [2.75, 3.05) is 6.61 Å². The Kier molecular flexibility index (Phi) is 3.24. The number of aromatic nitrogens is 1. The second-order valence-corrected chi connectivity index (χ2v) is 5.91. The highest BCUT2D eigenvalue weighted by Crippen LogP contribution is 2.46. The molecule has 1 aliphatic heterocycles. The molecule has 0 saturated carbocycles. The van der Waals surface area contributed by atoms with Crippen molar-refractivity contribution in [2.24, 2.45) is 0 Å². The van der Waals surface area contributed by atoms with Crippen LogP contribution in [0.3, 0.4) is 0 Å². The van der Waals surface area contributed by atoms with Crippen LogP contribution in [-0.2, 0) is 4.74 Å². The fraction of sp³-hybridized carbons (Fsp3) is 0.286. The van der Waals surface area contributed by atoms with Crippen molar-refractivity contribution in [2.45, 2.75) is 24.2 Å². The number of pyridine rings is 1. The molecular formula is C14H11F2NO3S. The topological polar surface area (TPSA) is 48.3 Å². The summed E-state index contributed by atoms with van der Waals surface area (Å²) in [6, 6.07) is 1.82. The summed E-state index contributed by atoms with van der Waals surface area (Å²) in [5, 5.41) is 0.346. The SMILES string of the molecule is CCOC(=O)c1c2n(c3cc(F)c(F)cc3c1=O)[C@H](C)S2. The highest BCUT2D eigenvalue weighted by molar-refractivity contribution is 8.00. The Morgan fingerprint density at radius 1 is 1.38 bits per heavy atom. The number of benzene rings is 1. The molecule has 2 aromatic rings. The Balaban J connectivity index is 2.39. The number of fused-ring (bicyclic) bond motifs is 3. The minimum Gasteiger partial charge on any atom is -0.462 e. The van der Waals surface area contributed by atoms with Gasteiger partial charge in [0.1, 0.15) is 5.56 Å². The number of rotatable bonds is 2. The average molecular weight is 311 g/mol. The first-order valence-corrected chi connectivity index (χ1v) is 7.24. The van der Waals surface area contributed by atoms with Crippen molar-refractivity contribution in [3.8, 4) is 0 Å². The number of halogens is 2. The number of carbonyl (C=O) groups is 1. The van der Waals surface area contributed by atoms with Crippen LogP contribution in [0.4, 0.5) is 8.78 Å². The molecule has 0 amide bonds. The summed E-state index contributed by atoms with van der Waals surface area (Å²) in [6.07, 6.45) is 0. The standard InChI is InChI=1S/C14H11F2NO3S/c1-3-20-14(19)11-12(18)7-4-8(15)9(16)5-10(7)17-6(2)21-13(11)17/h4-6H,3H2,1-2H3/t6-/m0/s1. The number of hydrogen-bond acceptors (Lipinski definition) is 4. The van der Waals surface area contributed by atoms with Crippen LogP contribution < -0.4 is 5.43 Å². The van der Waals surface area contributed by atoms with Gasteiger partial charge in [-0.1, -0.05) is 11.8 Å². The summed E-state index contributed by atoms with van der Waals surface area (Å²) >= 11 is 1.32. The summed E-state index contributed by atoms with van der Waals surface area (Å²) < 4.78 is 33.4. The number of esters is 1. The molecule has 3 rings (SSSR count). The highest BCUT2D eigenvalue weighted by atomic mass is 32.2. The van der Waals surface area contributed by atoms with Crippen LogP contribution in [0.2, 0.25) is 0 Å². The number of thioether (sulfide) groups is 1. The van der Waals surface area contributed by atoms with Crippen LogP contribution in [0.25, 0.3) is 10.9 Å². The third kappa shape index (κ3) is 1.95. The van der Waals surface area contributed by atoms with Gasteiger partial charge in [-0.3, -0.25) is 4.79 Å². The third-order valence-corrected chi connectivity index (χ3v) is 4.50. The molecule has 1 aromatic heterocycles. The Labute approximate surface area is 122 Å². The Morgan fingerprint density at radius 3 is 2.67 bits per heavy atom. The first-order chi connectivity index (χ1) is 9.95. The van der Waals surface area contributed by atoms with Gasteiger partial charge in [0.25, 0.3) is 0 Å². The average Bonchev–Trinajstić information content (AvgIpc) is 2.41. The van der Waals surface area contributed by atoms with Gasteiger partial charge in [-0.15, -0.1) is 0 Å². The largest absolute Gasteiger partial charge is 0.462 e. The van der Waals surface area contributed by atoms with Crippen LogP contribution in [-0.4, -0.2) is 17.1 Å². The van der Waals surface area contributed by atoms with E-state index in [-0.39, 0.29) is 28.4 Å². The quantitative estimate of drug-likeness (QED) is 0.800. The predicted octanol–water partition coefficient (Wildman–Crippen LogP) is 3.08. The zero-order valence-electron chi connectivity index (χ0n) is 11.3. The van der Waals surface area contributed by atoms with Gasteiger partial charge in [0.2, 0.25) is 5.43 Å². The molecule has 21 heavy (non-hydrogen) atoms. The number of ether oxygens (including phenoxy) is 1. The van der Waals surface area contributed by atoms with Gasteiger partial charge in [0, 0.05) is 11.5 Å². The van der Waals surface area contributed by atoms with Crippen LogP contribution in [0.1, 0.15) is 29.6 Å². The number of nitrogens with zero attached hydrogens (tertiary/aromatic N) is 1. The molecule has 1 atom stereocenters. The first-order valence-electron chi connectivity index (χ1n) is 6.36. The fourth-order valence-electron chi connectivity index (χ4n) is 2.40. The van der Waals surface area contributed by atoms with E-state index < -0.39 is 23.0 Å². The molecule has 2 heterocycles. The van der Waals surface area contributed by atoms with Gasteiger partial charge in [-0.05, 0) is 19.9 Å². The van der Waals surface area contributed by atoms with Gasteiger partial charge in [0.15, 0.2) is 11.6 Å². The normalized spacial score (nSPS) is 16.5. The number of carbonyl (C=O) groups excluding carboxylic acids is 1. The summed E-state index contributed by atoms with van der Waals surface area (Å²) in [6.45, 7) is 3.61. The second kappa shape index (κ2) is 4.84.